The SMILES string of the molecule is O=CC1(C=O)OS1. The molecule has 0 spiro atoms. The molecule has 1 aliphatic heterocycles. The molecule has 7 heavy (non-hydrogen) atoms. The number of carbonyl (C=O) groups excluding carboxylic acids is 2. The molecule has 0 N–H and O–H groups in total. The maximum atomic E-state index is 9.74. The van der Waals surface area contributed by atoms with Gasteiger partial charge in [0.05, 0.1) is 0 Å². The Labute approximate surface area is 44.2 Å². The maximum absolute atomic E-state index is 9.74. The lowest BCUT2D eigenvalue weighted by Gasteiger charge is -1.76. The molecule has 0 atom stereocenters. The summed E-state index contributed by atoms with van der Waals surface area (Å²) in [7, 11) is 0. The van der Waals surface area contributed by atoms with Crippen molar-refractivity contribution in [3.05, 3.63) is 0 Å². The van der Waals surface area contributed by atoms with Gasteiger partial charge in [0.15, 0.2) is 12.6 Å². The van der Waals surface area contributed by atoms with Crippen molar-refractivity contribution in [1.82, 2.24) is 0 Å². The molecule has 0 saturated carbocycles. The standard InChI is InChI=1S/C3H2O3S/c4-1-3(2-5)6-7-3/h1-2H. The van der Waals surface area contributed by atoms with Gasteiger partial charge in [0.2, 0.25) is 0 Å². The van der Waals surface area contributed by atoms with Crippen LogP contribution in [-0.2, 0) is 13.8 Å². The smallest absolute Gasteiger partial charge is 0.262 e. The molecular formula is C3H2O3S. The van der Waals surface area contributed by atoms with Gasteiger partial charge in [-0.25, -0.2) is 0 Å². The van der Waals surface area contributed by atoms with E-state index in [1.807, 2.05) is 0 Å². The minimum Gasteiger partial charge on any atom is -0.298 e. The third-order valence-corrected chi connectivity index (χ3v) is 1.35. The van der Waals surface area contributed by atoms with Crippen LogP contribution in [0.3, 0.4) is 0 Å². The van der Waals surface area contributed by atoms with E-state index in [1.165, 1.54) is 0 Å². The summed E-state index contributed by atoms with van der Waals surface area (Å²) in [5, 5.41) is 0. The molecule has 1 heterocycles. The molecule has 4 heteroatoms. The van der Waals surface area contributed by atoms with Crippen molar-refractivity contribution >= 4 is 24.6 Å². The molecule has 0 radical (unpaired) electrons. The van der Waals surface area contributed by atoms with Crippen LogP contribution in [0.4, 0.5) is 0 Å². The second-order valence-electron chi connectivity index (χ2n) is 1.12. The van der Waals surface area contributed by atoms with E-state index in [0.717, 1.165) is 12.0 Å². The molecule has 38 valence electrons. The Hall–Kier alpha value is -0.350. The van der Waals surface area contributed by atoms with Gasteiger partial charge in [0.1, 0.15) is 0 Å². The van der Waals surface area contributed by atoms with E-state index < -0.39 is 4.93 Å². The van der Waals surface area contributed by atoms with Crippen LogP contribution in [0, 0.1) is 0 Å². The highest BCUT2D eigenvalue weighted by atomic mass is 32.2. The van der Waals surface area contributed by atoms with Crippen LogP contribution >= 0.6 is 12.0 Å². The zero-order chi connectivity index (χ0) is 5.33. The summed E-state index contributed by atoms with van der Waals surface area (Å²) in [6.45, 7) is 0. The first-order valence-corrected chi connectivity index (χ1v) is 2.37. The summed E-state index contributed by atoms with van der Waals surface area (Å²) in [6, 6.07) is 0. The van der Waals surface area contributed by atoms with Gasteiger partial charge in [0, 0.05) is 12.0 Å². The highest BCUT2D eigenvalue weighted by Gasteiger charge is 2.47. The third-order valence-electron chi connectivity index (χ3n) is 0.604. The quantitative estimate of drug-likeness (QED) is 0.217. The first-order valence-electron chi connectivity index (χ1n) is 1.62. The maximum Gasteiger partial charge on any atom is 0.262 e. The molecule has 3 nitrogen and oxygen atoms in total. The minimum atomic E-state index is -1.11. The van der Waals surface area contributed by atoms with Gasteiger partial charge in [-0.1, -0.05) is 0 Å². The van der Waals surface area contributed by atoms with Crippen molar-refractivity contribution in [1.29, 1.82) is 0 Å². The fraction of sp³-hybridized carbons (Fsp3) is 0.333. The van der Waals surface area contributed by atoms with Crippen LogP contribution in [0.25, 0.3) is 0 Å². The van der Waals surface area contributed by atoms with Gasteiger partial charge in [-0.05, 0) is 0 Å². The van der Waals surface area contributed by atoms with Crippen molar-refractivity contribution in [3.63, 3.8) is 0 Å². The predicted octanol–water partition coefficient (Wildman–Crippen LogP) is -0.241. The Balaban J connectivity index is 2.58. The van der Waals surface area contributed by atoms with Crippen molar-refractivity contribution in [3.8, 4) is 0 Å². The molecule has 0 bridgehead atoms. The molecule has 0 aromatic carbocycles. The lowest BCUT2D eigenvalue weighted by Crippen LogP contribution is -2.09. The topological polar surface area (TPSA) is 46.7 Å². The van der Waals surface area contributed by atoms with E-state index in [4.69, 9.17) is 0 Å². The number of rotatable bonds is 2. The normalized spacial score (nSPS) is 23.4. The lowest BCUT2D eigenvalue weighted by molar-refractivity contribution is -0.120. The van der Waals surface area contributed by atoms with Crippen molar-refractivity contribution in [2.45, 2.75) is 4.93 Å². The van der Waals surface area contributed by atoms with E-state index in [0.29, 0.717) is 12.6 Å². The average Bonchev–Trinajstić information content (AvgIpc) is 2.46. The second kappa shape index (κ2) is 1.31. The van der Waals surface area contributed by atoms with Crippen molar-refractivity contribution in [2.75, 3.05) is 0 Å². The first-order chi connectivity index (χ1) is 3.33. The summed E-state index contributed by atoms with van der Waals surface area (Å²) in [5.41, 5.74) is 0. The Morgan fingerprint density at radius 1 is 1.43 bits per heavy atom. The zero-order valence-corrected chi connectivity index (χ0v) is 4.10. The summed E-state index contributed by atoms with van der Waals surface area (Å²) in [4.78, 5) is 18.4. The molecule has 1 saturated heterocycles. The molecule has 1 fully saturated rings. The van der Waals surface area contributed by atoms with Crippen LogP contribution in [0.2, 0.25) is 0 Å². The van der Waals surface area contributed by atoms with Crippen LogP contribution in [0.1, 0.15) is 0 Å². The van der Waals surface area contributed by atoms with E-state index in [-0.39, 0.29) is 0 Å². The van der Waals surface area contributed by atoms with Gasteiger partial charge in [0.25, 0.3) is 4.93 Å². The lowest BCUT2D eigenvalue weighted by atomic mass is 10.4. The molecule has 0 aliphatic carbocycles. The Bertz CT molecular complexity index is 96.7. The molecule has 0 aromatic rings. The molecular weight excluding hydrogens is 116 g/mol. The second-order valence-corrected chi connectivity index (χ2v) is 2.10. The van der Waals surface area contributed by atoms with E-state index in [9.17, 15) is 9.59 Å². The minimum absolute atomic E-state index is 0.477. The Kier molecular flexibility index (Phi) is 0.900. The van der Waals surface area contributed by atoms with E-state index in [2.05, 4.69) is 4.18 Å². The van der Waals surface area contributed by atoms with Crippen LogP contribution in [-0.4, -0.2) is 17.5 Å². The third kappa shape index (κ3) is 0.664. The summed E-state index contributed by atoms with van der Waals surface area (Å²) >= 11 is 0.880. The molecule has 1 aliphatic rings. The zero-order valence-electron chi connectivity index (χ0n) is 3.29. The number of hydrogen-bond acceptors (Lipinski definition) is 4. The van der Waals surface area contributed by atoms with E-state index >= 15 is 0 Å². The predicted molar refractivity (Wildman–Crippen MR) is 23.5 cm³/mol. The highest BCUT2D eigenvalue weighted by Crippen LogP contribution is 2.42. The van der Waals surface area contributed by atoms with Crippen LogP contribution in [0.15, 0.2) is 0 Å². The molecule has 0 unspecified atom stereocenters. The summed E-state index contributed by atoms with van der Waals surface area (Å²) in [5.74, 6) is 0. The Morgan fingerprint density at radius 2 is 1.86 bits per heavy atom. The van der Waals surface area contributed by atoms with Crippen LogP contribution in [0.5, 0.6) is 0 Å². The van der Waals surface area contributed by atoms with Crippen molar-refractivity contribution < 1.29 is 13.8 Å². The number of carbonyl (C=O) groups is 2. The first kappa shape index (κ1) is 4.80. The summed E-state index contributed by atoms with van der Waals surface area (Å²) in [6.07, 6.45) is 0.954. The Morgan fingerprint density at radius 3 is 1.86 bits per heavy atom. The van der Waals surface area contributed by atoms with Gasteiger partial charge < -0.3 is 0 Å². The fourth-order valence-corrected chi connectivity index (χ4v) is 0.408. The van der Waals surface area contributed by atoms with E-state index in [1.54, 1.807) is 0 Å². The number of hydrogen-bond donors (Lipinski definition) is 0. The molecule has 0 aromatic heterocycles. The van der Waals surface area contributed by atoms with Gasteiger partial charge in [-0.3, -0.25) is 13.8 Å². The molecule has 0 amide bonds. The van der Waals surface area contributed by atoms with Crippen LogP contribution < -0.4 is 0 Å². The fourth-order valence-electron chi connectivity index (χ4n) is 0.154. The summed E-state index contributed by atoms with van der Waals surface area (Å²) < 4.78 is 4.38. The van der Waals surface area contributed by atoms with Gasteiger partial charge >= 0.3 is 0 Å². The monoisotopic (exact) mass is 118 g/mol. The molecule has 1 rings (SSSR count). The number of aldehydes is 2. The van der Waals surface area contributed by atoms with Crippen molar-refractivity contribution in [2.24, 2.45) is 0 Å². The van der Waals surface area contributed by atoms with Gasteiger partial charge in [-0.2, -0.15) is 0 Å². The largest absolute Gasteiger partial charge is 0.298 e. The average molecular weight is 118 g/mol. The highest BCUT2D eigenvalue weighted by molar-refractivity contribution is 8.03. The van der Waals surface area contributed by atoms with Gasteiger partial charge in [-0.15, -0.1) is 0 Å².